The number of amides is 2. The van der Waals surface area contributed by atoms with E-state index in [0.717, 1.165) is 5.56 Å². The molecule has 7 heteroatoms. The van der Waals surface area contributed by atoms with E-state index < -0.39 is 17.1 Å². The summed E-state index contributed by atoms with van der Waals surface area (Å²) in [6, 6.07) is 13.2. The van der Waals surface area contributed by atoms with Crippen molar-refractivity contribution < 1.29 is 14.7 Å². The smallest absolute Gasteiger partial charge is 0.251 e. The first-order valence-corrected chi connectivity index (χ1v) is 12.0. The van der Waals surface area contributed by atoms with E-state index in [1.165, 1.54) is 0 Å². The van der Waals surface area contributed by atoms with Crippen LogP contribution >= 0.6 is 23.2 Å². The van der Waals surface area contributed by atoms with Gasteiger partial charge in [-0.25, -0.2) is 0 Å². The fourth-order valence-electron chi connectivity index (χ4n) is 4.53. The zero-order valence-electron chi connectivity index (χ0n) is 19.6. The second-order valence-corrected chi connectivity index (χ2v) is 10.8. The molecule has 0 unspecified atom stereocenters. The van der Waals surface area contributed by atoms with Crippen molar-refractivity contribution in [2.45, 2.75) is 52.2 Å². The molecule has 1 fully saturated rings. The Balaban J connectivity index is 1.77. The highest BCUT2D eigenvalue weighted by atomic mass is 35.5. The van der Waals surface area contributed by atoms with Crippen molar-refractivity contribution in [2.75, 3.05) is 13.1 Å². The van der Waals surface area contributed by atoms with Crippen LogP contribution in [0.1, 0.15) is 56.5 Å². The average Bonchev–Trinajstić information content (AvgIpc) is 2.75. The summed E-state index contributed by atoms with van der Waals surface area (Å²) in [5.74, 6) is -0.217. The zero-order valence-corrected chi connectivity index (χ0v) is 21.1. The minimum Gasteiger partial charge on any atom is -0.384 e. The van der Waals surface area contributed by atoms with E-state index in [-0.39, 0.29) is 17.7 Å². The molecular weight excluding hydrogens is 459 g/mol. The van der Waals surface area contributed by atoms with Crippen LogP contribution in [0.5, 0.6) is 0 Å². The quantitative estimate of drug-likeness (QED) is 0.578. The SMILES string of the molecule is CC(C)C[C@@H](NC(=O)c1ccc(Cl)cc1)C(=O)N1CC[C@](O)(c2ccc(Cl)cc2)C(C)(C)C1. The van der Waals surface area contributed by atoms with Crippen LogP contribution in [-0.4, -0.2) is 41.0 Å². The van der Waals surface area contributed by atoms with E-state index in [9.17, 15) is 14.7 Å². The van der Waals surface area contributed by atoms with E-state index >= 15 is 0 Å². The summed E-state index contributed by atoms with van der Waals surface area (Å²) in [4.78, 5) is 28.1. The van der Waals surface area contributed by atoms with Crippen LogP contribution in [0.4, 0.5) is 0 Å². The number of halogens is 2. The van der Waals surface area contributed by atoms with Gasteiger partial charge >= 0.3 is 0 Å². The lowest BCUT2D eigenvalue weighted by atomic mass is 9.66. The highest BCUT2D eigenvalue weighted by Gasteiger charge is 2.50. The van der Waals surface area contributed by atoms with Gasteiger partial charge in [0.1, 0.15) is 6.04 Å². The molecule has 2 aromatic rings. The van der Waals surface area contributed by atoms with Gasteiger partial charge < -0.3 is 15.3 Å². The third kappa shape index (κ3) is 5.71. The van der Waals surface area contributed by atoms with E-state index in [1.54, 1.807) is 41.3 Å². The van der Waals surface area contributed by atoms with Crippen LogP contribution in [0.2, 0.25) is 10.0 Å². The first-order chi connectivity index (χ1) is 15.4. The first-order valence-electron chi connectivity index (χ1n) is 11.3. The van der Waals surface area contributed by atoms with Gasteiger partial charge in [-0.2, -0.15) is 0 Å². The summed E-state index contributed by atoms with van der Waals surface area (Å²) in [5, 5.41) is 15.7. The number of carbonyl (C=O) groups is 2. The number of nitrogens with one attached hydrogen (secondary N) is 1. The monoisotopic (exact) mass is 490 g/mol. The van der Waals surface area contributed by atoms with E-state index in [0.29, 0.717) is 41.5 Å². The molecule has 1 heterocycles. The van der Waals surface area contributed by atoms with Crippen molar-refractivity contribution in [1.82, 2.24) is 10.2 Å². The number of likely N-dealkylation sites (tertiary alicyclic amines) is 1. The maximum Gasteiger partial charge on any atom is 0.251 e. The molecule has 1 aliphatic rings. The Kier molecular flexibility index (Phi) is 7.77. The van der Waals surface area contributed by atoms with Crippen LogP contribution in [-0.2, 0) is 10.4 Å². The maximum absolute atomic E-state index is 13.5. The van der Waals surface area contributed by atoms with Crippen LogP contribution in [0.15, 0.2) is 48.5 Å². The van der Waals surface area contributed by atoms with Crippen LogP contribution < -0.4 is 5.32 Å². The molecule has 2 atom stereocenters. The Morgan fingerprint density at radius 2 is 1.58 bits per heavy atom. The standard InChI is InChI=1S/C26H32Cl2N2O3/c1-17(2)15-22(29-23(31)18-5-9-20(27)10-6-18)24(32)30-14-13-26(33,25(3,4)16-30)19-7-11-21(28)12-8-19/h5-12,17,22,33H,13-16H2,1-4H3,(H,29,31)/t22-,26+/m1/s1. The Hall–Kier alpha value is -2.08. The van der Waals surface area contributed by atoms with Crippen molar-refractivity contribution in [1.29, 1.82) is 0 Å². The summed E-state index contributed by atoms with van der Waals surface area (Å²) in [5.41, 5.74) is -0.443. The minimum atomic E-state index is -1.09. The van der Waals surface area contributed by atoms with Crippen molar-refractivity contribution in [3.63, 3.8) is 0 Å². The van der Waals surface area contributed by atoms with Crippen LogP contribution in [0.3, 0.4) is 0 Å². The Bertz CT molecular complexity index is 990. The number of benzene rings is 2. The molecule has 178 valence electrons. The van der Waals surface area contributed by atoms with Gasteiger partial charge in [-0.05, 0) is 60.7 Å². The molecule has 0 radical (unpaired) electrons. The molecule has 3 rings (SSSR count). The minimum absolute atomic E-state index is 0.128. The first kappa shape index (κ1) is 25.5. The predicted molar refractivity (Wildman–Crippen MR) is 132 cm³/mol. The summed E-state index contributed by atoms with van der Waals surface area (Å²) >= 11 is 12.0. The molecule has 33 heavy (non-hydrogen) atoms. The molecule has 2 aromatic carbocycles. The maximum atomic E-state index is 13.5. The van der Waals surface area contributed by atoms with Crippen molar-refractivity contribution >= 4 is 35.0 Å². The van der Waals surface area contributed by atoms with E-state index in [4.69, 9.17) is 23.2 Å². The second-order valence-electron chi connectivity index (χ2n) is 9.92. The highest BCUT2D eigenvalue weighted by Crippen LogP contribution is 2.46. The largest absolute Gasteiger partial charge is 0.384 e. The number of hydrogen-bond donors (Lipinski definition) is 2. The zero-order chi connectivity index (χ0) is 24.4. The third-order valence-electron chi connectivity index (χ3n) is 6.50. The highest BCUT2D eigenvalue weighted by molar-refractivity contribution is 6.30. The lowest BCUT2D eigenvalue weighted by molar-refractivity contribution is -0.155. The lowest BCUT2D eigenvalue weighted by Gasteiger charge is -2.51. The molecule has 5 nitrogen and oxygen atoms in total. The molecule has 2 N–H and O–H groups in total. The molecule has 1 aliphatic heterocycles. The normalized spacial score (nSPS) is 21.0. The molecule has 0 spiro atoms. The van der Waals surface area contributed by atoms with Crippen LogP contribution in [0.25, 0.3) is 0 Å². The molecule has 0 aromatic heterocycles. The number of carbonyl (C=O) groups excluding carboxylic acids is 2. The Morgan fingerprint density at radius 3 is 2.09 bits per heavy atom. The lowest BCUT2D eigenvalue weighted by Crippen LogP contribution is -2.59. The van der Waals surface area contributed by atoms with E-state index in [1.807, 2.05) is 39.8 Å². The van der Waals surface area contributed by atoms with Gasteiger partial charge in [0.2, 0.25) is 5.91 Å². The van der Waals surface area contributed by atoms with Gasteiger partial charge in [-0.1, -0.05) is 63.0 Å². The van der Waals surface area contributed by atoms with Gasteiger partial charge in [0, 0.05) is 34.1 Å². The summed E-state index contributed by atoms with van der Waals surface area (Å²) in [6.45, 7) is 8.74. The molecule has 0 saturated carbocycles. The molecule has 1 saturated heterocycles. The van der Waals surface area contributed by atoms with E-state index in [2.05, 4.69) is 5.32 Å². The third-order valence-corrected chi connectivity index (χ3v) is 7.00. The van der Waals surface area contributed by atoms with Gasteiger partial charge in [-0.3, -0.25) is 9.59 Å². The summed E-state index contributed by atoms with van der Waals surface area (Å²) < 4.78 is 0. The van der Waals surface area contributed by atoms with Gasteiger partial charge in [0.25, 0.3) is 5.91 Å². The molecule has 2 amide bonds. The summed E-state index contributed by atoms with van der Waals surface area (Å²) in [6.07, 6.45) is 0.920. The average molecular weight is 491 g/mol. The molecule has 0 bridgehead atoms. The second kappa shape index (κ2) is 10.0. The molecule has 0 aliphatic carbocycles. The fourth-order valence-corrected chi connectivity index (χ4v) is 4.78. The van der Waals surface area contributed by atoms with Crippen molar-refractivity contribution in [3.8, 4) is 0 Å². The molecular formula is C26H32Cl2N2O3. The van der Waals surface area contributed by atoms with Crippen LogP contribution in [0, 0.1) is 11.3 Å². The predicted octanol–water partition coefficient (Wildman–Crippen LogP) is 5.28. The van der Waals surface area contributed by atoms with Crippen molar-refractivity contribution in [3.05, 3.63) is 69.7 Å². The topological polar surface area (TPSA) is 69.6 Å². The van der Waals surface area contributed by atoms with Crippen molar-refractivity contribution in [2.24, 2.45) is 11.3 Å². The number of aliphatic hydroxyl groups is 1. The number of nitrogens with zero attached hydrogens (tertiary/aromatic N) is 1. The number of hydrogen-bond acceptors (Lipinski definition) is 3. The van der Waals surface area contributed by atoms with Gasteiger partial charge in [0.05, 0.1) is 5.60 Å². The number of rotatable bonds is 6. The fraction of sp³-hybridized carbons (Fsp3) is 0.462. The van der Waals surface area contributed by atoms with Gasteiger partial charge in [0.15, 0.2) is 0 Å². The van der Waals surface area contributed by atoms with Gasteiger partial charge in [-0.15, -0.1) is 0 Å². The Labute approximate surface area is 206 Å². The Morgan fingerprint density at radius 1 is 1.03 bits per heavy atom. The number of piperidine rings is 1. The summed E-state index contributed by atoms with van der Waals surface area (Å²) in [7, 11) is 0.